The third-order valence-corrected chi connectivity index (χ3v) is 4.59. The van der Waals surface area contributed by atoms with E-state index in [1.807, 2.05) is 31.2 Å². The number of hydrogen-bond donors (Lipinski definition) is 2. The first kappa shape index (κ1) is 19.1. The van der Waals surface area contributed by atoms with E-state index in [-0.39, 0.29) is 12.6 Å². The molecule has 1 saturated heterocycles. The molecule has 0 saturated carbocycles. The van der Waals surface area contributed by atoms with Crippen LogP contribution in [-0.2, 0) is 11.3 Å². The van der Waals surface area contributed by atoms with Crippen LogP contribution >= 0.6 is 0 Å². The zero-order chi connectivity index (χ0) is 19.2. The normalized spacial score (nSPS) is 17.0. The van der Waals surface area contributed by atoms with Gasteiger partial charge in [-0.25, -0.2) is 14.8 Å². The fourth-order valence-electron chi connectivity index (χ4n) is 3.45. The Balaban J connectivity index is 1.69. The molecule has 0 bridgehead atoms. The van der Waals surface area contributed by atoms with Gasteiger partial charge in [0.1, 0.15) is 17.4 Å². The van der Waals surface area contributed by atoms with Crippen LogP contribution < -0.4 is 10.1 Å². The lowest BCUT2D eigenvalue weighted by molar-refractivity contribution is -0.139. The van der Waals surface area contributed by atoms with Crippen molar-refractivity contribution < 1.29 is 14.6 Å². The van der Waals surface area contributed by atoms with E-state index in [1.165, 1.54) is 5.56 Å². The van der Waals surface area contributed by atoms with E-state index in [9.17, 15) is 4.79 Å². The average Bonchev–Trinajstić information content (AvgIpc) is 3.09. The molecule has 7 nitrogen and oxygen atoms in total. The number of aryl methyl sites for hydroxylation is 1. The summed E-state index contributed by atoms with van der Waals surface area (Å²) in [4.78, 5) is 22.1. The second-order valence-electron chi connectivity index (χ2n) is 6.71. The van der Waals surface area contributed by atoms with Crippen molar-refractivity contribution in [3.8, 4) is 5.75 Å². The van der Waals surface area contributed by atoms with Gasteiger partial charge in [-0.3, -0.25) is 4.90 Å². The monoisotopic (exact) mass is 370 g/mol. The SMILES string of the molecule is CCNc1cc(C2CCCN2Cc2ccc(OCC(=O)O)cc2)nc(C)n1. The van der Waals surface area contributed by atoms with Crippen LogP contribution in [0.2, 0.25) is 0 Å². The number of carboxylic acids is 1. The molecule has 0 amide bonds. The molecule has 1 atom stereocenters. The first-order valence-corrected chi connectivity index (χ1v) is 9.32. The van der Waals surface area contributed by atoms with Gasteiger partial charge in [-0.2, -0.15) is 0 Å². The van der Waals surface area contributed by atoms with Crippen molar-refractivity contribution in [2.45, 2.75) is 39.3 Å². The van der Waals surface area contributed by atoms with Gasteiger partial charge < -0.3 is 15.2 Å². The summed E-state index contributed by atoms with van der Waals surface area (Å²) in [6, 6.07) is 9.96. The largest absolute Gasteiger partial charge is 0.482 e. The van der Waals surface area contributed by atoms with Crippen molar-refractivity contribution in [1.29, 1.82) is 0 Å². The number of aromatic nitrogens is 2. The molecule has 2 heterocycles. The van der Waals surface area contributed by atoms with E-state index in [0.717, 1.165) is 49.8 Å². The van der Waals surface area contributed by atoms with Gasteiger partial charge in [0.05, 0.1) is 11.7 Å². The number of carbonyl (C=O) groups is 1. The lowest BCUT2D eigenvalue weighted by Crippen LogP contribution is -2.24. The quantitative estimate of drug-likeness (QED) is 0.738. The smallest absolute Gasteiger partial charge is 0.341 e. The molecule has 1 aliphatic heterocycles. The standard InChI is InChI=1S/C20H26N4O3/c1-3-21-19-11-17(22-14(2)23-19)18-5-4-10-24(18)12-15-6-8-16(9-7-15)27-13-20(25)26/h6-9,11,18H,3-5,10,12-13H2,1-2H3,(H,25,26)(H,21,22,23). The van der Waals surface area contributed by atoms with Gasteiger partial charge in [-0.1, -0.05) is 12.1 Å². The van der Waals surface area contributed by atoms with Crippen molar-refractivity contribution >= 4 is 11.8 Å². The van der Waals surface area contributed by atoms with E-state index < -0.39 is 5.97 Å². The second-order valence-corrected chi connectivity index (χ2v) is 6.71. The molecule has 144 valence electrons. The number of aliphatic carboxylic acids is 1. The zero-order valence-corrected chi connectivity index (χ0v) is 15.8. The summed E-state index contributed by atoms with van der Waals surface area (Å²) in [5.74, 6) is 1.26. The van der Waals surface area contributed by atoms with Crippen LogP contribution in [0.5, 0.6) is 5.75 Å². The summed E-state index contributed by atoms with van der Waals surface area (Å²) < 4.78 is 5.20. The minimum atomic E-state index is -0.976. The van der Waals surface area contributed by atoms with Crippen LogP contribution in [0.4, 0.5) is 5.82 Å². The predicted molar refractivity (Wildman–Crippen MR) is 103 cm³/mol. The maximum atomic E-state index is 10.6. The topological polar surface area (TPSA) is 87.6 Å². The van der Waals surface area contributed by atoms with Gasteiger partial charge in [0.25, 0.3) is 0 Å². The molecule has 1 unspecified atom stereocenters. The third kappa shape index (κ3) is 5.17. The van der Waals surface area contributed by atoms with Crippen molar-refractivity contribution in [2.75, 3.05) is 25.0 Å². The maximum Gasteiger partial charge on any atom is 0.341 e. The fourth-order valence-corrected chi connectivity index (χ4v) is 3.45. The maximum absolute atomic E-state index is 10.6. The summed E-state index contributed by atoms with van der Waals surface area (Å²) >= 11 is 0. The number of anilines is 1. The highest BCUT2D eigenvalue weighted by molar-refractivity contribution is 5.68. The van der Waals surface area contributed by atoms with Crippen molar-refractivity contribution in [3.05, 3.63) is 47.4 Å². The van der Waals surface area contributed by atoms with Gasteiger partial charge >= 0.3 is 5.97 Å². The predicted octanol–water partition coefficient (Wildman–Crippen LogP) is 3.02. The molecule has 0 spiro atoms. The van der Waals surface area contributed by atoms with Gasteiger partial charge in [-0.15, -0.1) is 0 Å². The van der Waals surface area contributed by atoms with Crippen LogP contribution in [-0.4, -0.2) is 45.6 Å². The van der Waals surface area contributed by atoms with Crippen LogP contribution in [0.15, 0.2) is 30.3 Å². The number of nitrogens with one attached hydrogen (secondary N) is 1. The fraction of sp³-hybridized carbons (Fsp3) is 0.450. The Labute approximate surface area is 159 Å². The molecule has 2 N–H and O–H groups in total. The van der Waals surface area contributed by atoms with E-state index in [4.69, 9.17) is 9.84 Å². The summed E-state index contributed by atoms with van der Waals surface area (Å²) in [5, 5.41) is 12.0. The molecule has 3 rings (SSSR count). The molecule has 1 fully saturated rings. The Morgan fingerprint density at radius 3 is 2.81 bits per heavy atom. The van der Waals surface area contributed by atoms with E-state index in [1.54, 1.807) is 0 Å². The summed E-state index contributed by atoms with van der Waals surface area (Å²) in [5.41, 5.74) is 2.24. The molecule has 27 heavy (non-hydrogen) atoms. The molecule has 0 radical (unpaired) electrons. The Bertz CT molecular complexity index is 779. The minimum Gasteiger partial charge on any atom is -0.482 e. The summed E-state index contributed by atoms with van der Waals surface area (Å²) in [7, 11) is 0. The molecule has 7 heteroatoms. The Morgan fingerprint density at radius 2 is 2.11 bits per heavy atom. The highest BCUT2D eigenvalue weighted by Crippen LogP contribution is 2.33. The van der Waals surface area contributed by atoms with Crippen LogP contribution in [0, 0.1) is 6.92 Å². The zero-order valence-electron chi connectivity index (χ0n) is 15.8. The molecular weight excluding hydrogens is 344 g/mol. The number of nitrogens with zero attached hydrogens (tertiary/aromatic N) is 3. The van der Waals surface area contributed by atoms with Crippen LogP contribution in [0.1, 0.15) is 42.9 Å². The number of likely N-dealkylation sites (tertiary alicyclic amines) is 1. The highest BCUT2D eigenvalue weighted by atomic mass is 16.5. The van der Waals surface area contributed by atoms with Gasteiger partial charge in [0, 0.05) is 19.2 Å². The van der Waals surface area contributed by atoms with Gasteiger partial charge in [0.15, 0.2) is 6.61 Å². The van der Waals surface area contributed by atoms with Crippen LogP contribution in [0.25, 0.3) is 0 Å². The Kier molecular flexibility index (Phi) is 6.24. The molecule has 1 aromatic carbocycles. The van der Waals surface area contributed by atoms with E-state index in [2.05, 4.69) is 33.2 Å². The second kappa shape index (κ2) is 8.81. The molecule has 2 aromatic rings. The number of benzene rings is 1. The van der Waals surface area contributed by atoms with E-state index >= 15 is 0 Å². The lowest BCUT2D eigenvalue weighted by Gasteiger charge is -2.24. The van der Waals surface area contributed by atoms with Gasteiger partial charge in [0.2, 0.25) is 0 Å². The molecule has 0 aliphatic carbocycles. The van der Waals surface area contributed by atoms with Gasteiger partial charge in [-0.05, 0) is 50.9 Å². The van der Waals surface area contributed by atoms with Crippen molar-refractivity contribution in [3.63, 3.8) is 0 Å². The lowest BCUT2D eigenvalue weighted by atomic mass is 10.1. The third-order valence-electron chi connectivity index (χ3n) is 4.59. The number of rotatable bonds is 8. The van der Waals surface area contributed by atoms with E-state index in [0.29, 0.717) is 5.75 Å². The molecule has 1 aromatic heterocycles. The average molecular weight is 370 g/mol. The van der Waals surface area contributed by atoms with Crippen molar-refractivity contribution in [2.24, 2.45) is 0 Å². The Morgan fingerprint density at radius 1 is 1.33 bits per heavy atom. The first-order chi connectivity index (χ1) is 13.0. The van der Waals surface area contributed by atoms with Crippen molar-refractivity contribution in [1.82, 2.24) is 14.9 Å². The number of ether oxygens (including phenoxy) is 1. The first-order valence-electron chi connectivity index (χ1n) is 9.32. The highest BCUT2D eigenvalue weighted by Gasteiger charge is 2.27. The number of hydrogen-bond acceptors (Lipinski definition) is 6. The molecule has 1 aliphatic rings. The Hall–Kier alpha value is -2.67. The summed E-state index contributed by atoms with van der Waals surface area (Å²) in [6.07, 6.45) is 2.23. The van der Waals surface area contributed by atoms with Crippen LogP contribution in [0.3, 0.4) is 0 Å². The summed E-state index contributed by atoms with van der Waals surface area (Å²) in [6.45, 7) is 6.35. The molecular formula is C20H26N4O3. The minimum absolute atomic E-state index is 0.284. The number of carboxylic acid groups (broad SMARTS) is 1.